The Bertz CT molecular complexity index is 2900. The van der Waals surface area contributed by atoms with Gasteiger partial charge in [0.05, 0.1) is 20.4 Å². The van der Waals surface area contributed by atoms with E-state index in [0.717, 1.165) is 18.4 Å². The number of ether oxygens (including phenoxy) is 2. The first-order valence-electron chi connectivity index (χ1n) is 21.3. The van der Waals surface area contributed by atoms with Crippen molar-refractivity contribution in [3.05, 3.63) is 125 Å². The summed E-state index contributed by atoms with van der Waals surface area (Å²) in [5, 5.41) is 8.89. The molecule has 2 saturated heterocycles. The number of pyridine rings is 2. The first-order chi connectivity index (χ1) is 31.6. The molecule has 6 atom stereocenters. The minimum atomic E-state index is -0.669. The van der Waals surface area contributed by atoms with E-state index in [9.17, 15) is 19.2 Å². The maximum atomic E-state index is 14.1. The summed E-state index contributed by atoms with van der Waals surface area (Å²) in [6.45, 7) is 0. The molecule has 4 amide bonds. The van der Waals surface area contributed by atoms with Crippen molar-refractivity contribution >= 4 is 79.8 Å². The fraction of sp³-hybridized carbons (Fsp3) is 0.245. The number of nitrogens with one attached hydrogen (secondary N) is 2. The van der Waals surface area contributed by atoms with E-state index < -0.39 is 12.1 Å². The summed E-state index contributed by atoms with van der Waals surface area (Å²) in [7, 11) is 3.11. The Morgan fingerprint density at radius 1 is 0.615 bits per heavy atom. The van der Waals surface area contributed by atoms with E-state index in [0.29, 0.717) is 74.5 Å². The Morgan fingerprint density at radius 3 is 1.54 bits per heavy atom. The van der Waals surface area contributed by atoms with Crippen molar-refractivity contribution in [2.24, 2.45) is 11.8 Å². The van der Waals surface area contributed by atoms with Crippen molar-refractivity contribution < 1.29 is 33.1 Å². The largest absolute Gasteiger partial charge is 0.496 e. The second kappa shape index (κ2) is 15.9. The highest BCUT2D eigenvalue weighted by atomic mass is 35.5. The van der Waals surface area contributed by atoms with Crippen LogP contribution < -0.4 is 20.1 Å². The molecule has 16 heteroatoms. The van der Waals surface area contributed by atoms with Crippen LogP contribution in [-0.4, -0.2) is 86.8 Å². The molecular formula is C49H39Cl2N7O7. The first-order valence-corrected chi connectivity index (χ1v) is 22.0. The molecule has 2 N–H and O–H groups in total. The summed E-state index contributed by atoms with van der Waals surface area (Å²) < 4.78 is 17.2. The zero-order chi connectivity index (χ0) is 44.7. The monoisotopic (exact) mass is 907 g/mol. The molecule has 2 aliphatic carbocycles. The third-order valence-corrected chi connectivity index (χ3v) is 13.5. The highest BCUT2D eigenvalue weighted by Gasteiger charge is 2.57. The zero-order valence-corrected chi connectivity index (χ0v) is 36.5. The molecule has 0 radical (unpaired) electrons. The van der Waals surface area contributed by atoms with E-state index in [-0.39, 0.29) is 69.2 Å². The van der Waals surface area contributed by atoms with Crippen LogP contribution in [-0.2, 0) is 9.59 Å². The first kappa shape index (κ1) is 40.7. The Hall–Kier alpha value is -7.03. The van der Waals surface area contributed by atoms with Gasteiger partial charge in [-0.15, -0.1) is 0 Å². The second-order valence-electron chi connectivity index (χ2n) is 16.9. The summed E-state index contributed by atoms with van der Waals surface area (Å²) >= 11 is 12.8. The van der Waals surface area contributed by atoms with Gasteiger partial charge in [0.15, 0.2) is 5.76 Å². The fourth-order valence-corrected chi connectivity index (χ4v) is 10.1. The number of methoxy groups -OCH3 is 2. The van der Waals surface area contributed by atoms with Crippen LogP contribution in [0.5, 0.6) is 11.5 Å². The van der Waals surface area contributed by atoms with Crippen LogP contribution in [0, 0.1) is 11.8 Å². The van der Waals surface area contributed by atoms with Gasteiger partial charge in [-0.2, -0.15) is 0 Å². The van der Waals surface area contributed by atoms with E-state index >= 15 is 0 Å². The van der Waals surface area contributed by atoms with Crippen LogP contribution in [0.1, 0.15) is 46.7 Å². The average molecular weight is 909 g/mol. The van der Waals surface area contributed by atoms with E-state index in [4.69, 9.17) is 37.1 Å². The number of fused-ring (bicyclic) bond motifs is 4. The lowest BCUT2D eigenvalue weighted by atomic mass is 10.1. The molecule has 0 spiro atoms. The highest BCUT2D eigenvalue weighted by Crippen LogP contribution is 2.50. The van der Waals surface area contributed by atoms with Crippen molar-refractivity contribution in [3.8, 4) is 34.3 Å². The van der Waals surface area contributed by atoms with Crippen LogP contribution in [0.4, 0.5) is 11.4 Å². The number of likely N-dealkylation sites (tertiary alicyclic amines) is 2. The number of aromatic nitrogens is 3. The van der Waals surface area contributed by atoms with E-state index in [1.807, 2.05) is 12.1 Å². The maximum Gasteiger partial charge on any atom is 0.274 e. The molecule has 7 aromatic rings. The standard InChI is InChI=1S/C49H39Cl2N7O7/c1-63-38-7-3-5-30-32(38)21-41(50)55-43(30)48(61)57-34-17-26(34)19-36(57)45(59)53-28-13-9-24(10-14-28)40-23-52-47(65-40)25-11-15-29(16-12-25)54-46(60)37-20-27-18-35(27)58(37)49(62)44-31-6-4-8-39(64-2)33(31)22-42(51)56-44/h3-16,21-23,26-27,34-37H,17-20H2,1-2H3,(H,53,59)(H,54,60). The fourth-order valence-electron chi connectivity index (χ4n) is 9.73. The van der Waals surface area contributed by atoms with Crippen LogP contribution in [0.15, 0.2) is 108 Å². The van der Waals surface area contributed by atoms with Gasteiger partial charge < -0.3 is 34.3 Å². The summed E-state index contributed by atoms with van der Waals surface area (Å²) in [6, 6.07) is 27.1. The number of anilines is 2. The molecule has 11 rings (SSSR count). The number of carbonyl (C=O) groups excluding carboxylic acids is 4. The number of hydrogen-bond donors (Lipinski definition) is 2. The van der Waals surface area contributed by atoms with Gasteiger partial charge in [0.1, 0.15) is 45.3 Å². The molecule has 0 bridgehead atoms. The van der Waals surface area contributed by atoms with Gasteiger partial charge >= 0.3 is 0 Å². The van der Waals surface area contributed by atoms with Gasteiger partial charge in [-0.1, -0.05) is 47.5 Å². The molecule has 326 valence electrons. The quantitative estimate of drug-likeness (QED) is 0.126. The number of piperidine rings is 2. The normalized spacial score (nSPS) is 21.5. The number of benzene rings is 4. The molecule has 4 aliphatic rings. The zero-order valence-electron chi connectivity index (χ0n) is 35.0. The minimum absolute atomic E-state index is 0.0327. The summed E-state index contributed by atoms with van der Waals surface area (Å²) in [4.78, 5) is 72.3. The molecule has 5 heterocycles. The van der Waals surface area contributed by atoms with E-state index in [2.05, 4.69) is 25.6 Å². The number of hydrogen-bond acceptors (Lipinski definition) is 10. The minimum Gasteiger partial charge on any atom is -0.496 e. The summed E-state index contributed by atoms with van der Waals surface area (Å²) in [5.41, 5.74) is 2.95. The molecule has 6 unspecified atom stereocenters. The molecule has 2 aliphatic heterocycles. The average Bonchev–Trinajstić information content (AvgIpc) is 4.09. The van der Waals surface area contributed by atoms with E-state index in [1.165, 1.54) is 0 Å². The van der Waals surface area contributed by atoms with Crippen LogP contribution in [0.25, 0.3) is 44.3 Å². The van der Waals surface area contributed by atoms with Crippen molar-refractivity contribution in [1.29, 1.82) is 0 Å². The smallest absolute Gasteiger partial charge is 0.274 e. The molecular weight excluding hydrogens is 869 g/mol. The van der Waals surface area contributed by atoms with Gasteiger partial charge in [0.2, 0.25) is 17.7 Å². The Kier molecular flexibility index (Phi) is 9.96. The molecule has 14 nitrogen and oxygen atoms in total. The van der Waals surface area contributed by atoms with Crippen molar-refractivity contribution in [1.82, 2.24) is 24.8 Å². The topological polar surface area (TPSA) is 169 Å². The summed E-state index contributed by atoms with van der Waals surface area (Å²) in [6.07, 6.45) is 4.44. The van der Waals surface area contributed by atoms with Crippen molar-refractivity contribution in [3.63, 3.8) is 0 Å². The summed E-state index contributed by atoms with van der Waals surface area (Å²) in [5.74, 6) is 1.32. The van der Waals surface area contributed by atoms with Crippen molar-refractivity contribution in [2.45, 2.75) is 49.9 Å². The molecule has 4 aromatic carbocycles. The molecule has 4 fully saturated rings. The lowest BCUT2D eigenvalue weighted by molar-refractivity contribution is -0.120. The predicted octanol–water partition coefficient (Wildman–Crippen LogP) is 8.91. The number of halogens is 2. The van der Waals surface area contributed by atoms with Gasteiger partial charge in [-0.05, 0) is 110 Å². The number of rotatable bonds is 10. The lowest BCUT2D eigenvalue weighted by Gasteiger charge is -2.27. The Labute approximate surface area is 381 Å². The van der Waals surface area contributed by atoms with Crippen LogP contribution in [0.3, 0.4) is 0 Å². The number of amides is 4. The molecule has 2 saturated carbocycles. The highest BCUT2D eigenvalue weighted by molar-refractivity contribution is 6.31. The third kappa shape index (κ3) is 7.26. The van der Waals surface area contributed by atoms with E-state index in [1.54, 1.807) is 115 Å². The lowest BCUT2D eigenvalue weighted by Crippen LogP contribution is -2.45. The SMILES string of the molecule is COc1cccc2c(C(=O)N3C(C(=O)Nc4ccc(-c5cnc(-c6ccc(NC(=O)C7CC8CC8N7C(=O)c7nc(Cl)cc8c(OC)cccc78)cc6)o5)cc4)CC4CC43)nc(Cl)cc12. The van der Waals surface area contributed by atoms with Crippen LogP contribution in [0.2, 0.25) is 10.3 Å². The second-order valence-corrected chi connectivity index (χ2v) is 17.7. The van der Waals surface area contributed by atoms with Crippen LogP contribution >= 0.6 is 23.2 Å². The van der Waals surface area contributed by atoms with Gasteiger partial charge in [0.25, 0.3) is 11.8 Å². The Morgan fingerprint density at radius 2 is 1.08 bits per heavy atom. The van der Waals surface area contributed by atoms with Gasteiger partial charge in [-0.25, -0.2) is 15.0 Å². The predicted molar refractivity (Wildman–Crippen MR) is 244 cm³/mol. The molecule has 65 heavy (non-hydrogen) atoms. The number of nitrogens with zero attached hydrogens (tertiary/aromatic N) is 5. The van der Waals surface area contributed by atoms with Gasteiger partial charge in [0, 0.05) is 56.1 Å². The number of carbonyl (C=O) groups is 4. The van der Waals surface area contributed by atoms with Crippen molar-refractivity contribution in [2.75, 3.05) is 24.9 Å². The van der Waals surface area contributed by atoms with Gasteiger partial charge in [-0.3, -0.25) is 19.2 Å². The third-order valence-electron chi connectivity index (χ3n) is 13.1. The molecule has 3 aromatic heterocycles. The number of oxazole rings is 1. The Balaban J connectivity index is 0.738. The maximum absolute atomic E-state index is 14.1.